The molecule has 0 aliphatic heterocycles. The Kier molecular flexibility index (Phi) is 7.06. The lowest BCUT2D eigenvalue weighted by Gasteiger charge is -2.17. The fourth-order valence-corrected chi connectivity index (χ4v) is 3.46. The van der Waals surface area contributed by atoms with Crippen LogP contribution in [0.5, 0.6) is 11.5 Å². The van der Waals surface area contributed by atoms with Crippen molar-refractivity contribution in [1.29, 1.82) is 5.26 Å². The Morgan fingerprint density at radius 3 is 2.43 bits per heavy atom. The van der Waals surface area contributed by atoms with Gasteiger partial charge in [-0.1, -0.05) is 23.2 Å². The Bertz CT molecular complexity index is 1120. The molecule has 0 bridgehead atoms. The fourth-order valence-electron chi connectivity index (χ4n) is 2.95. The summed E-state index contributed by atoms with van der Waals surface area (Å²) < 4.78 is 15.9. The van der Waals surface area contributed by atoms with Gasteiger partial charge in [0.1, 0.15) is 17.6 Å². The second-order valence-corrected chi connectivity index (χ2v) is 7.05. The first-order chi connectivity index (χ1) is 14.5. The number of aromatic nitrogens is 1. The van der Waals surface area contributed by atoms with E-state index in [1.807, 2.05) is 12.1 Å². The highest BCUT2D eigenvalue weighted by molar-refractivity contribution is 6.37. The highest BCUT2D eigenvalue weighted by Crippen LogP contribution is 2.39. The highest BCUT2D eigenvalue weighted by Gasteiger charge is 2.16. The molecule has 30 heavy (non-hydrogen) atoms. The topological polar surface area (TPSA) is 88.4 Å². The number of nitriles is 1. The molecule has 1 aromatic heterocycles. The van der Waals surface area contributed by atoms with Crippen molar-refractivity contribution in [3.63, 3.8) is 0 Å². The molecule has 0 aliphatic rings. The number of fused-ring (bicyclic) bond motifs is 1. The van der Waals surface area contributed by atoms with Gasteiger partial charge >= 0.3 is 0 Å². The molecular formula is C21H20Cl2N4O3. The number of hydrogen-bond acceptors (Lipinski definition) is 7. The zero-order chi connectivity index (χ0) is 21.7. The summed E-state index contributed by atoms with van der Waals surface area (Å²) in [5, 5.41) is 17.6. The van der Waals surface area contributed by atoms with E-state index in [9.17, 15) is 5.26 Å². The van der Waals surface area contributed by atoms with Gasteiger partial charge < -0.3 is 24.8 Å². The summed E-state index contributed by atoms with van der Waals surface area (Å²) in [5.41, 5.74) is 2.90. The van der Waals surface area contributed by atoms with Gasteiger partial charge in [-0.15, -0.1) is 0 Å². The van der Waals surface area contributed by atoms with Crippen LogP contribution >= 0.6 is 23.2 Å². The van der Waals surface area contributed by atoms with Gasteiger partial charge in [0.2, 0.25) is 0 Å². The van der Waals surface area contributed by atoms with Crippen molar-refractivity contribution >= 4 is 51.2 Å². The van der Waals surface area contributed by atoms with E-state index < -0.39 is 0 Å². The van der Waals surface area contributed by atoms with Crippen molar-refractivity contribution < 1.29 is 14.2 Å². The van der Waals surface area contributed by atoms with E-state index >= 15 is 0 Å². The van der Waals surface area contributed by atoms with Gasteiger partial charge in [-0.2, -0.15) is 5.26 Å². The van der Waals surface area contributed by atoms with Gasteiger partial charge in [0.15, 0.2) is 0 Å². The quantitative estimate of drug-likeness (QED) is 0.457. The Morgan fingerprint density at radius 2 is 1.77 bits per heavy atom. The number of pyridine rings is 1. The van der Waals surface area contributed by atoms with Crippen LogP contribution in [0.25, 0.3) is 10.9 Å². The predicted octanol–water partition coefficient (Wildman–Crippen LogP) is 5.23. The van der Waals surface area contributed by atoms with Gasteiger partial charge in [-0.3, -0.25) is 4.98 Å². The second kappa shape index (κ2) is 9.72. The summed E-state index contributed by atoms with van der Waals surface area (Å²) in [6.45, 7) is 1.16. The van der Waals surface area contributed by atoms with Crippen LogP contribution in [0.2, 0.25) is 10.0 Å². The zero-order valence-corrected chi connectivity index (χ0v) is 18.2. The molecule has 1 heterocycles. The standard InChI is InChI=1S/C21H20Cl2N4O3/c1-28-5-4-25-18-8-16-13(6-20(18)30-3)21(12(10-24)11-26-16)27-17-9-19(29-2)15(23)7-14(17)22/h6-9,11,25H,4-5H2,1-3H3,(H,26,27). The van der Waals surface area contributed by atoms with Crippen molar-refractivity contribution in [2.24, 2.45) is 0 Å². The van der Waals surface area contributed by atoms with Crippen molar-refractivity contribution in [2.45, 2.75) is 0 Å². The number of ether oxygens (including phenoxy) is 3. The van der Waals surface area contributed by atoms with Crippen LogP contribution in [0, 0.1) is 11.3 Å². The maximum absolute atomic E-state index is 9.63. The lowest BCUT2D eigenvalue weighted by molar-refractivity contribution is 0.210. The number of nitrogens with zero attached hydrogens (tertiary/aromatic N) is 2. The van der Waals surface area contributed by atoms with Gasteiger partial charge in [0.05, 0.1) is 59.0 Å². The molecule has 2 N–H and O–H groups in total. The minimum absolute atomic E-state index is 0.356. The van der Waals surface area contributed by atoms with E-state index in [1.165, 1.54) is 13.3 Å². The Balaban J connectivity index is 2.12. The first-order valence-electron chi connectivity index (χ1n) is 8.96. The molecule has 7 nitrogen and oxygen atoms in total. The van der Waals surface area contributed by atoms with E-state index in [0.717, 1.165) is 5.69 Å². The second-order valence-electron chi connectivity index (χ2n) is 6.24. The molecule has 0 atom stereocenters. The van der Waals surface area contributed by atoms with Crippen molar-refractivity contribution in [3.05, 3.63) is 46.1 Å². The van der Waals surface area contributed by atoms with Crippen LogP contribution in [0.4, 0.5) is 17.1 Å². The van der Waals surface area contributed by atoms with E-state index in [0.29, 0.717) is 62.5 Å². The monoisotopic (exact) mass is 446 g/mol. The fraction of sp³-hybridized carbons (Fsp3) is 0.238. The first kappa shape index (κ1) is 21.8. The summed E-state index contributed by atoms with van der Waals surface area (Å²) in [6.07, 6.45) is 1.51. The van der Waals surface area contributed by atoms with Crippen LogP contribution in [0.3, 0.4) is 0 Å². The number of benzene rings is 2. The Morgan fingerprint density at radius 1 is 1.00 bits per heavy atom. The van der Waals surface area contributed by atoms with Crippen LogP contribution < -0.4 is 20.1 Å². The summed E-state index contributed by atoms with van der Waals surface area (Å²) >= 11 is 12.5. The maximum atomic E-state index is 9.63. The number of halogens is 2. The highest BCUT2D eigenvalue weighted by atomic mass is 35.5. The lowest BCUT2D eigenvalue weighted by atomic mass is 10.1. The number of hydrogen-bond donors (Lipinski definition) is 2. The molecule has 0 spiro atoms. The normalized spacial score (nSPS) is 10.5. The van der Waals surface area contributed by atoms with Crippen LogP contribution in [-0.4, -0.2) is 39.5 Å². The predicted molar refractivity (Wildman–Crippen MR) is 120 cm³/mol. The van der Waals surface area contributed by atoms with E-state index in [2.05, 4.69) is 21.7 Å². The molecule has 0 saturated heterocycles. The van der Waals surface area contributed by atoms with Gasteiger partial charge in [-0.25, -0.2) is 0 Å². The SMILES string of the molecule is COCCNc1cc2ncc(C#N)c(Nc3cc(OC)c(Cl)cc3Cl)c2cc1OC. The average molecular weight is 447 g/mol. The summed E-state index contributed by atoms with van der Waals surface area (Å²) in [6, 6.07) is 9.10. The van der Waals surface area contributed by atoms with E-state index in [1.54, 1.807) is 26.4 Å². The number of nitrogens with one attached hydrogen (secondary N) is 2. The van der Waals surface area contributed by atoms with Crippen molar-refractivity contribution in [2.75, 3.05) is 45.1 Å². The molecule has 2 aromatic carbocycles. The van der Waals surface area contributed by atoms with Crippen molar-refractivity contribution in [3.8, 4) is 17.6 Å². The van der Waals surface area contributed by atoms with Crippen LogP contribution in [-0.2, 0) is 4.74 Å². The summed E-state index contributed by atoms with van der Waals surface area (Å²) in [5.74, 6) is 1.07. The summed E-state index contributed by atoms with van der Waals surface area (Å²) in [4.78, 5) is 4.42. The summed E-state index contributed by atoms with van der Waals surface area (Å²) in [7, 11) is 4.74. The van der Waals surface area contributed by atoms with Gasteiger partial charge in [0, 0.05) is 31.3 Å². The molecule has 156 valence electrons. The number of methoxy groups -OCH3 is 3. The minimum atomic E-state index is 0.356. The van der Waals surface area contributed by atoms with Crippen LogP contribution in [0.15, 0.2) is 30.5 Å². The minimum Gasteiger partial charge on any atom is -0.495 e. The smallest absolute Gasteiger partial charge is 0.142 e. The molecule has 9 heteroatoms. The molecular weight excluding hydrogens is 427 g/mol. The largest absolute Gasteiger partial charge is 0.495 e. The van der Waals surface area contributed by atoms with Crippen LogP contribution in [0.1, 0.15) is 5.56 Å². The third-order valence-corrected chi connectivity index (χ3v) is 5.04. The zero-order valence-electron chi connectivity index (χ0n) is 16.7. The van der Waals surface area contributed by atoms with Gasteiger partial charge in [0.25, 0.3) is 0 Å². The third kappa shape index (κ3) is 4.46. The van der Waals surface area contributed by atoms with Crippen molar-refractivity contribution in [1.82, 2.24) is 4.98 Å². The maximum Gasteiger partial charge on any atom is 0.142 e. The number of anilines is 3. The molecule has 0 amide bonds. The molecule has 0 fully saturated rings. The van der Waals surface area contributed by atoms with E-state index in [-0.39, 0.29) is 0 Å². The Labute approximate surface area is 184 Å². The molecule has 0 unspecified atom stereocenters. The molecule has 0 aliphatic carbocycles. The van der Waals surface area contributed by atoms with E-state index in [4.69, 9.17) is 37.4 Å². The van der Waals surface area contributed by atoms with Gasteiger partial charge in [-0.05, 0) is 18.2 Å². The lowest BCUT2D eigenvalue weighted by Crippen LogP contribution is -2.09. The molecule has 0 radical (unpaired) electrons. The molecule has 3 rings (SSSR count). The number of rotatable bonds is 8. The molecule has 3 aromatic rings. The molecule has 0 saturated carbocycles. The Hall–Kier alpha value is -2.92. The average Bonchev–Trinajstić information content (AvgIpc) is 2.75. The first-order valence-corrected chi connectivity index (χ1v) is 9.71. The third-order valence-electron chi connectivity index (χ3n) is 4.43.